The molecule has 0 N–H and O–H groups in total. The predicted octanol–water partition coefficient (Wildman–Crippen LogP) is 3.09. The van der Waals surface area contributed by atoms with Crippen molar-refractivity contribution in [3.63, 3.8) is 0 Å². The van der Waals surface area contributed by atoms with Gasteiger partial charge in [0.2, 0.25) is 0 Å². The zero-order valence-electron chi connectivity index (χ0n) is 9.92. The van der Waals surface area contributed by atoms with Gasteiger partial charge in [-0.3, -0.25) is 0 Å². The third kappa shape index (κ3) is 10.0. The Morgan fingerprint density at radius 2 is 1.40 bits per heavy atom. The molecule has 82 valence electrons. The fourth-order valence-electron chi connectivity index (χ4n) is 1.09. The van der Waals surface area contributed by atoms with E-state index in [0.29, 0.717) is 6.61 Å². The third-order valence-electron chi connectivity index (χ3n) is 1.42. The summed E-state index contributed by atoms with van der Waals surface area (Å²) in [6.07, 6.45) is 0. The molecule has 2 radical (unpaired) electrons. The second-order valence-corrected chi connectivity index (χ2v) is 2.59. The predicted molar refractivity (Wildman–Crippen MR) is 58.9 cm³/mol. The maximum atomic E-state index is 4.98. The molecule has 0 aliphatic rings. The molecule has 0 heterocycles. The van der Waals surface area contributed by atoms with E-state index in [-0.39, 0.29) is 80.3 Å². The van der Waals surface area contributed by atoms with Crippen LogP contribution in [0.15, 0.2) is 18.2 Å². The van der Waals surface area contributed by atoms with Crippen molar-refractivity contribution < 1.29 is 70.2 Å². The van der Waals surface area contributed by atoms with E-state index >= 15 is 0 Å². The van der Waals surface area contributed by atoms with Crippen LogP contribution in [-0.4, -0.2) is 7.11 Å². The Kier molecular flexibility index (Phi) is 22.1. The molecule has 1 aromatic carbocycles. The number of hydrogen-bond donors (Lipinski definition) is 0. The van der Waals surface area contributed by atoms with Crippen LogP contribution >= 0.6 is 0 Å². The molecule has 1 nitrogen and oxygen atoms in total. The van der Waals surface area contributed by atoms with Crippen LogP contribution in [0.3, 0.4) is 0 Å². The molecule has 0 aromatic heterocycles. The Labute approximate surface area is 146 Å². The van der Waals surface area contributed by atoms with Gasteiger partial charge in [0.1, 0.15) is 0 Å². The minimum absolute atomic E-state index is 0. The Morgan fingerprint density at radius 1 is 1.00 bits per heavy atom. The van der Waals surface area contributed by atoms with Crippen molar-refractivity contribution in [2.45, 2.75) is 6.61 Å². The Bertz CT molecular complexity index is 229. The van der Waals surface area contributed by atoms with Crippen LogP contribution in [0.25, 0.3) is 0 Å². The number of hydrogen-bond acceptors (Lipinski definition) is 1. The molecule has 15 heavy (non-hydrogen) atoms. The van der Waals surface area contributed by atoms with Crippen molar-refractivity contribution in [2.75, 3.05) is 7.11 Å². The van der Waals surface area contributed by atoms with Gasteiger partial charge in [-0.1, -0.05) is 0 Å². The fraction of sp³-hybridized carbons (Fsp3) is 0.167. The summed E-state index contributed by atoms with van der Waals surface area (Å²) in [7, 11) is 1.68. The van der Waals surface area contributed by atoms with Crippen molar-refractivity contribution in [1.82, 2.24) is 0 Å². The average molecular weight is 356 g/mol. The fourth-order valence-corrected chi connectivity index (χ4v) is 1.09. The van der Waals surface area contributed by atoms with E-state index < -0.39 is 0 Å². The summed E-state index contributed by atoms with van der Waals surface area (Å²) >= 11 is 0. The molecule has 0 saturated heterocycles. The second-order valence-electron chi connectivity index (χ2n) is 2.59. The molecular formula is C12H18OY2-4. The van der Waals surface area contributed by atoms with Crippen LogP contribution in [0.1, 0.15) is 16.7 Å². The normalized spacial score (nSPS) is 7.27. The molecular weight excluding hydrogens is 338 g/mol. The van der Waals surface area contributed by atoms with Gasteiger partial charge in [0.05, 0.1) is 0 Å². The Morgan fingerprint density at radius 3 is 1.73 bits per heavy atom. The van der Waals surface area contributed by atoms with Crippen LogP contribution in [-0.2, 0) is 76.8 Å². The van der Waals surface area contributed by atoms with Crippen molar-refractivity contribution in [2.24, 2.45) is 0 Å². The summed E-state index contributed by atoms with van der Waals surface area (Å²) in [5.41, 5.74) is 3.11. The zero-order chi connectivity index (χ0) is 8.27. The van der Waals surface area contributed by atoms with E-state index in [2.05, 4.69) is 13.8 Å². The summed E-state index contributed by atoms with van der Waals surface area (Å²) < 4.78 is 4.98. The van der Waals surface area contributed by atoms with Gasteiger partial charge in [0.25, 0.3) is 0 Å². The Balaban J connectivity index is -0.000000151. The van der Waals surface area contributed by atoms with E-state index in [1.165, 1.54) is 0 Å². The Hall–Kier alpha value is 1.13. The van der Waals surface area contributed by atoms with Crippen molar-refractivity contribution in [3.8, 4) is 0 Å². The first-order chi connectivity index (χ1) is 5.22. The molecule has 1 rings (SSSR count). The average Bonchev–Trinajstić information content (AvgIpc) is 1.85. The standard InChI is InChI=1S/C10H12O.2CH3.2Y/c1-8-4-9(2)6-10(5-8)7-11-3;;;;/h4-6H,1-2,7H2,3H3;2*1H3;;/q-2;2*-1;;. The third-order valence-corrected chi connectivity index (χ3v) is 1.42. The first-order valence-electron chi connectivity index (χ1n) is 3.49. The molecule has 0 saturated carbocycles. The summed E-state index contributed by atoms with van der Waals surface area (Å²) in [5.74, 6) is 0. The van der Waals surface area contributed by atoms with Crippen LogP contribution in [0.4, 0.5) is 0 Å². The smallest absolute Gasteiger partial charge is 0.0492 e. The maximum Gasteiger partial charge on any atom is 0.0492 e. The second kappa shape index (κ2) is 13.2. The topological polar surface area (TPSA) is 9.23 Å². The molecule has 0 fully saturated rings. The van der Waals surface area contributed by atoms with E-state index in [0.717, 1.165) is 16.7 Å². The largest absolute Gasteiger partial charge is 0.382 e. The van der Waals surface area contributed by atoms with Gasteiger partial charge in [0, 0.05) is 79.1 Å². The molecule has 0 amide bonds. The van der Waals surface area contributed by atoms with Gasteiger partial charge in [0.15, 0.2) is 0 Å². The van der Waals surface area contributed by atoms with Gasteiger partial charge >= 0.3 is 0 Å². The van der Waals surface area contributed by atoms with Gasteiger partial charge < -0.3 is 19.6 Å². The minimum Gasteiger partial charge on any atom is -0.382 e. The summed E-state index contributed by atoms with van der Waals surface area (Å²) in [4.78, 5) is 0. The molecule has 0 aliphatic carbocycles. The molecule has 1 aromatic rings. The zero-order valence-corrected chi connectivity index (χ0v) is 15.6. The van der Waals surface area contributed by atoms with Gasteiger partial charge in [-0.15, -0.1) is 5.56 Å². The van der Waals surface area contributed by atoms with E-state index in [1.54, 1.807) is 7.11 Å². The van der Waals surface area contributed by atoms with Gasteiger partial charge in [-0.05, 0) is 0 Å². The number of benzene rings is 1. The van der Waals surface area contributed by atoms with Crippen molar-refractivity contribution >= 4 is 0 Å². The first kappa shape index (κ1) is 25.1. The summed E-state index contributed by atoms with van der Waals surface area (Å²) in [5, 5.41) is 0. The van der Waals surface area contributed by atoms with E-state index in [1.807, 2.05) is 18.2 Å². The molecule has 0 spiro atoms. The summed E-state index contributed by atoms with van der Waals surface area (Å²) in [6, 6.07) is 5.94. The molecule has 0 unspecified atom stereocenters. The quantitative estimate of drug-likeness (QED) is 0.741. The number of methoxy groups -OCH3 is 1. The number of rotatable bonds is 2. The SMILES string of the molecule is [CH2-]c1cc([CH2-])cc(COC)c1.[CH3-].[CH3-].[Y].[Y]. The van der Waals surface area contributed by atoms with Gasteiger partial charge in [-0.25, -0.2) is 0 Å². The molecule has 3 heteroatoms. The monoisotopic (exact) mass is 356 g/mol. The maximum absolute atomic E-state index is 4.98. The first-order valence-corrected chi connectivity index (χ1v) is 3.49. The van der Waals surface area contributed by atoms with Gasteiger partial charge in [-0.2, -0.15) is 43.2 Å². The van der Waals surface area contributed by atoms with Crippen LogP contribution < -0.4 is 0 Å². The van der Waals surface area contributed by atoms with E-state index in [9.17, 15) is 0 Å². The summed E-state index contributed by atoms with van der Waals surface area (Å²) in [6.45, 7) is 8.29. The van der Waals surface area contributed by atoms with Crippen LogP contribution in [0.2, 0.25) is 0 Å². The molecule has 0 bridgehead atoms. The molecule has 0 atom stereocenters. The minimum atomic E-state index is 0. The van der Waals surface area contributed by atoms with E-state index in [4.69, 9.17) is 4.74 Å². The van der Waals surface area contributed by atoms with Crippen molar-refractivity contribution in [3.05, 3.63) is 63.6 Å². The van der Waals surface area contributed by atoms with Crippen molar-refractivity contribution in [1.29, 1.82) is 0 Å². The number of ether oxygens (including phenoxy) is 1. The van der Waals surface area contributed by atoms with Crippen LogP contribution in [0.5, 0.6) is 0 Å². The molecule has 0 aliphatic heterocycles. The van der Waals surface area contributed by atoms with Crippen LogP contribution in [0, 0.1) is 28.7 Å².